The van der Waals surface area contributed by atoms with E-state index in [1.807, 2.05) is 19.9 Å². The first-order valence-corrected chi connectivity index (χ1v) is 7.34. The maximum absolute atomic E-state index is 5.75. The number of hydrogen-bond acceptors (Lipinski definition) is 3. The lowest BCUT2D eigenvalue weighted by Crippen LogP contribution is -2.37. The third-order valence-electron chi connectivity index (χ3n) is 2.97. The van der Waals surface area contributed by atoms with Gasteiger partial charge in [-0.05, 0) is 58.0 Å². The fraction of sp³-hybridized carbons (Fsp3) is 0.467. The molecule has 0 unspecified atom stereocenters. The van der Waals surface area contributed by atoms with Crippen molar-refractivity contribution in [3.63, 3.8) is 0 Å². The summed E-state index contributed by atoms with van der Waals surface area (Å²) in [6, 6.07) is 6.47. The summed E-state index contributed by atoms with van der Waals surface area (Å²) in [5.41, 5.74) is 6.18. The Morgan fingerprint density at radius 1 is 1.40 bits per heavy atom. The molecular formula is C15H21N3OS. The van der Waals surface area contributed by atoms with Gasteiger partial charge in [-0.1, -0.05) is 11.6 Å². The summed E-state index contributed by atoms with van der Waals surface area (Å²) in [7, 11) is 0. The standard InChI is InChI=1S/C15H21N3OS/c1-10(2)16-15(20)18-17-13-5-4-8-19-14-7-6-11(3)9-12(13)14/h6-7,9-10H,4-5,8H2,1-3H3,(H2,16,18,20)/b17-13-. The molecule has 0 saturated heterocycles. The molecule has 1 aliphatic rings. The van der Waals surface area contributed by atoms with Gasteiger partial charge in [0.05, 0.1) is 12.3 Å². The van der Waals surface area contributed by atoms with Crippen LogP contribution in [-0.4, -0.2) is 23.5 Å². The van der Waals surface area contributed by atoms with Crippen LogP contribution in [0.15, 0.2) is 23.3 Å². The summed E-state index contributed by atoms with van der Waals surface area (Å²) in [4.78, 5) is 0. The molecule has 4 nitrogen and oxygen atoms in total. The van der Waals surface area contributed by atoms with E-state index in [9.17, 15) is 0 Å². The highest BCUT2D eigenvalue weighted by molar-refractivity contribution is 7.80. The Morgan fingerprint density at radius 2 is 2.20 bits per heavy atom. The van der Waals surface area contributed by atoms with Crippen molar-refractivity contribution in [2.75, 3.05) is 6.61 Å². The minimum Gasteiger partial charge on any atom is -0.493 e. The van der Waals surface area contributed by atoms with Crippen LogP contribution >= 0.6 is 12.2 Å². The van der Waals surface area contributed by atoms with Crippen molar-refractivity contribution >= 4 is 23.0 Å². The fourth-order valence-corrected chi connectivity index (χ4v) is 2.36. The van der Waals surface area contributed by atoms with Crippen LogP contribution in [0.4, 0.5) is 0 Å². The molecule has 0 fully saturated rings. The number of hydrazone groups is 1. The van der Waals surface area contributed by atoms with E-state index in [-0.39, 0.29) is 0 Å². The summed E-state index contributed by atoms with van der Waals surface area (Å²) >= 11 is 5.20. The van der Waals surface area contributed by atoms with Crippen molar-refractivity contribution in [3.8, 4) is 5.75 Å². The van der Waals surface area contributed by atoms with E-state index in [1.54, 1.807) is 0 Å². The number of hydrogen-bond donors (Lipinski definition) is 2. The second-order valence-electron chi connectivity index (χ2n) is 5.25. The molecule has 0 bridgehead atoms. The first-order chi connectivity index (χ1) is 9.56. The number of nitrogens with one attached hydrogen (secondary N) is 2. The van der Waals surface area contributed by atoms with E-state index in [0.717, 1.165) is 36.5 Å². The number of aryl methyl sites for hydroxylation is 1. The molecular weight excluding hydrogens is 270 g/mol. The Hall–Kier alpha value is -1.62. The number of rotatable bonds is 2. The van der Waals surface area contributed by atoms with Gasteiger partial charge in [0.25, 0.3) is 0 Å². The summed E-state index contributed by atoms with van der Waals surface area (Å²) in [5, 5.41) is 8.12. The molecule has 1 heterocycles. The lowest BCUT2D eigenvalue weighted by Gasteiger charge is -2.12. The molecule has 20 heavy (non-hydrogen) atoms. The van der Waals surface area contributed by atoms with Crippen LogP contribution < -0.4 is 15.5 Å². The van der Waals surface area contributed by atoms with Crippen molar-refractivity contribution in [2.24, 2.45) is 5.10 Å². The van der Waals surface area contributed by atoms with Gasteiger partial charge in [0, 0.05) is 11.6 Å². The highest BCUT2D eigenvalue weighted by atomic mass is 32.1. The van der Waals surface area contributed by atoms with Crippen LogP contribution in [0.5, 0.6) is 5.75 Å². The topological polar surface area (TPSA) is 45.7 Å². The largest absolute Gasteiger partial charge is 0.493 e. The van der Waals surface area contributed by atoms with E-state index >= 15 is 0 Å². The molecule has 5 heteroatoms. The molecule has 1 aromatic rings. The summed E-state index contributed by atoms with van der Waals surface area (Å²) < 4.78 is 5.75. The Labute approximate surface area is 125 Å². The van der Waals surface area contributed by atoms with E-state index in [2.05, 4.69) is 34.9 Å². The number of nitrogens with zero attached hydrogens (tertiary/aromatic N) is 1. The van der Waals surface area contributed by atoms with Gasteiger partial charge in [0.15, 0.2) is 5.11 Å². The SMILES string of the molecule is Cc1ccc2c(c1)/C(=N\NC(=S)NC(C)C)CCCO2. The monoisotopic (exact) mass is 291 g/mol. The normalized spacial score (nSPS) is 16.3. The smallest absolute Gasteiger partial charge is 0.187 e. The van der Waals surface area contributed by atoms with E-state index in [1.165, 1.54) is 5.56 Å². The van der Waals surface area contributed by atoms with Crippen LogP contribution in [0.1, 0.15) is 37.8 Å². The second kappa shape index (κ2) is 6.70. The number of thiocarbonyl (C=S) groups is 1. The van der Waals surface area contributed by atoms with Crippen LogP contribution in [0.25, 0.3) is 0 Å². The zero-order valence-electron chi connectivity index (χ0n) is 12.2. The first-order valence-electron chi connectivity index (χ1n) is 6.93. The third kappa shape index (κ3) is 3.93. The van der Waals surface area contributed by atoms with Crippen LogP contribution in [0.3, 0.4) is 0 Å². The molecule has 0 aliphatic carbocycles. The predicted octanol–water partition coefficient (Wildman–Crippen LogP) is 2.74. The Bertz CT molecular complexity index is 526. The summed E-state index contributed by atoms with van der Waals surface area (Å²) in [5.74, 6) is 0.899. The summed E-state index contributed by atoms with van der Waals surface area (Å²) in [6.45, 7) is 6.88. The highest BCUT2D eigenvalue weighted by Crippen LogP contribution is 2.25. The molecule has 0 saturated carbocycles. The lowest BCUT2D eigenvalue weighted by atomic mass is 10.0. The molecule has 0 amide bonds. The number of benzene rings is 1. The number of ether oxygens (including phenoxy) is 1. The molecule has 0 aromatic heterocycles. The zero-order chi connectivity index (χ0) is 14.5. The van der Waals surface area contributed by atoms with E-state index in [4.69, 9.17) is 17.0 Å². The number of fused-ring (bicyclic) bond motifs is 1. The molecule has 0 atom stereocenters. The molecule has 0 spiro atoms. The van der Waals surface area contributed by atoms with Gasteiger partial charge >= 0.3 is 0 Å². The molecule has 2 rings (SSSR count). The fourth-order valence-electron chi connectivity index (χ4n) is 2.08. The molecule has 1 aromatic carbocycles. The predicted molar refractivity (Wildman–Crippen MR) is 86.5 cm³/mol. The first kappa shape index (κ1) is 14.8. The quantitative estimate of drug-likeness (QED) is 0.650. The third-order valence-corrected chi connectivity index (χ3v) is 3.18. The Morgan fingerprint density at radius 3 is 2.95 bits per heavy atom. The van der Waals surface area contributed by atoms with Crippen molar-refractivity contribution in [1.29, 1.82) is 0 Å². The van der Waals surface area contributed by atoms with Crippen molar-refractivity contribution in [3.05, 3.63) is 29.3 Å². The lowest BCUT2D eigenvalue weighted by molar-refractivity contribution is 0.318. The van der Waals surface area contributed by atoms with Gasteiger partial charge in [0.1, 0.15) is 5.75 Å². The molecule has 108 valence electrons. The van der Waals surface area contributed by atoms with Crippen LogP contribution in [-0.2, 0) is 0 Å². The van der Waals surface area contributed by atoms with Crippen LogP contribution in [0.2, 0.25) is 0 Å². The Kier molecular flexibility index (Phi) is 4.95. The maximum Gasteiger partial charge on any atom is 0.187 e. The average Bonchev–Trinajstić information content (AvgIpc) is 2.57. The highest BCUT2D eigenvalue weighted by Gasteiger charge is 2.15. The minimum atomic E-state index is 0.294. The van der Waals surface area contributed by atoms with E-state index in [0.29, 0.717) is 11.2 Å². The van der Waals surface area contributed by atoms with Gasteiger partial charge < -0.3 is 10.1 Å². The molecule has 0 radical (unpaired) electrons. The van der Waals surface area contributed by atoms with Crippen LogP contribution in [0, 0.1) is 6.92 Å². The molecule has 2 N–H and O–H groups in total. The van der Waals surface area contributed by atoms with Gasteiger partial charge in [-0.3, -0.25) is 5.43 Å². The van der Waals surface area contributed by atoms with Crippen molar-refractivity contribution < 1.29 is 4.74 Å². The van der Waals surface area contributed by atoms with E-state index < -0.39 is 0 Å². The van der Waals surface area contributed by atoms with Crippen molar-refractivity contribution in [1.82, 2.24) is 10.7 Å². The molecule has 1 aliphatic heterocycles. The summed E-state index contributed by atoms with van der Waals surface area (Å²) in [6.07, 6.45) is 1.84. The van der Waals surface area contributed by atoms with Gasteiger partial charge in [-0.25, -0.2) is 0 Å². The van der Waals surface area contributed by atoms with Gasteiger partial charge in [-0.2, -0.15) is 5.10 Å². The second-order valence-corrected chi connectivity index (χ2v) is 5.66. The van der Waals surface area contributed by atoms with Crippen molar-refractivity contribution in [2.45, 2.75) is 39.7 Å². The zero-order valence-corrected chi connectivity index (χ0v) is 13.0. The van der Waals surface area contributed by atoms with Gasteiger partial charge in [-0.15, -0.1) is 0 Å². The average molecular weight is 291 g/mol. The van der Waals surface area contributed by atoms with Gasteiger partial charge in [0.2, 0.25) is 0 Å². The maximum atomic E-state index is 5.75. The Balaban J connectivity index is 2.19. The minimum absolute atomic E-state index is 0.294.